The van der Waals surface area contributed by atoms with Crippen LogP contribution in [0.1, 0.15) is 13.3 Å². The van der Waals surface area contributed by atoms with Gasteiger partial charge in [-0.2, -0.15) is 0 Å². The second-order valence-electron chi connectivity index (χ2n) is 24.6. The lowest BCUT2D eigenvalue weighted by Gasteiger charge is -2.09. The third-order valence-electron chi connectivity index (χ3n) is 14.7. The van der Waals surface area contributed by atoms with Gasteiger partial charge in [0.15, 0.2) is 0 Å². The topological polar surface area (TPSA) is 380 Å². The highest BCUT2D eigenvalue weighted by atomic mass is 16.6. The molecule has 0 amide bonds. The normalized spacial score (nSPS) is 11.9. The fraction of sp³-hybridized carbons (Fsp3) is 1.00. The fourth-order valence-corrected chi connectivity index (χ4v) is 8.67. The van der Waals surface area contributed by atoms with Crippen LogP contribution in [0.4, 0.5) is 0 Å². The average Bonchev–Trinajstić information content (AvgIpc) is 2.28. The maximum atomic E-state index is 8.63. The Balaban J connectivity index is 3.10. The first-order chi connectivity index (χ1) is 60.4. The van der Waals surface area contributed by atoms with Crippen LogP contribution in [-0.4, -0.2) is 527 Å². The minimum absolute atomic E-state index is 0.0150. The van der Waals surface area contributed by atoms with E-state index in [1.54, 1.807) is 0 Å². The number of hydrogen-bond donors (Lipinski definition) is 1. The van der Waals surface area contributed by atoms with E-state index in [0.717, 1.165) is 13.0 Å². The molecule has 40 nitrogen and oxygen atoms in total. The van der Waals surface area contributed by atoms with Gasteiger partial charge >= 0.3 is 0 Å². The summed E-state index contributed by atoms with van der Waals surface area (Å²) in [6.45, 7) is 40.2. The van der Waals surface area contributed by atoms with Gasteiger partial charge in [-0.05, 0) is 6.42 Å². The average molecular weight is 1780 g/mol. The van der Waals surface area contributed by atoms with E-state index in [1.165, 1.54) is 0 Å². The lowest BCUT2D eigenvalue weighted by molar-refractivity contribution is -0.0328. The van der Waals surface area contributed by atoms with Crippen molar-refractivity contribution in [3.63, 3.8) is 0 Å². The zero-order valence-corrected chi connectivity index (χ0v) is 73.9. The van der Waals surface area contributed by atoms with Crippen LogP contribution in [0.25, 0.3) is 0 Å². The summed E-state index contributed by atoms with van der Waals surface area (Å²) in [5, 5.41) is 8.63. The largest absolute Gasteiger partial charge is 0.394 e. The monoisotopic (exact) mass is 1780 g/mol. The summed E-state index contributed by atoms with van der Waals surface area (Å²) in [6, 6.07) is 0. The molecular formula is C81H164O40. The van der Waals surface area contributed by atoms with Crippen LogP contribution in [0.5, 0.6) is 0 Å². The molecule has 0 aromatic carbocycles. The Kier molecular flexibility index (Phi) is 117. The SMILES string of the molecule is CCCOCCOCCOCCOCCOCCOCCOCCOCCOCCOCCOCCOCCOCCOCCOCCOCCOCCOCCOCCOCCOCCOCCOCCOCCOCCOCCOCCOCCOCCOCCOCCOCCOCCOCCOCCOCCOCCOCCOCCO. The van der Waals surface area contributed by atoms with Gasteiger partial charge in [0, 0.05) is 6.61 Å². The molecule has 0 saturated carbocycles. The molecule has 1 N–H and O–H groups in total. The maximum absolute atomic E-state index is 8.63. The molecule has 121 heavy (non-hydrogen) atoms. The number of hydrogen-bond acceptors (Lipinski definition) is 40. The highest BCUT2D eigenvalue weighted by Crippen LogP contribution is 1.96. The lowest BCUT2D eigenvalue weighted by Crippen LogP contribution is -2.16. The van der Waals surface area contributed by atoms with Crippen molar-refractivity contribution in [2.24, 2.45) is 0 Å². The van der Waals surface area contributed by atoms with E-state index < -0.39 is 0 Å². The second kappa shape index (κ2) is 118. The van der Waals surface area contributed by atoms with Crippen LogP contribution in [0.15, 0.2) is 0 Å². The standard InChI is InChI=1S/C81H164O40/c1-2-4-83-6-8-85-10-12-87-14-16-89-18-20-91-22-24-93-26-28-95-30-32-97-34-36-99-38-40-101-42-44-103-46-48-105-50-52-107-54-56-109-58-60-111-62-64-113-66-68-115-70-72-117-74-76-119-78-80-121-81-79-120-77-75-118-73-71-116-69-67-114-65-63-112-61-59-110-57-55-108-53-51-106-49-47-104-45-43-102-41-39-100-37-35-98-33-31-96-29-27-94-25-23-92-21-19-90-17-15-88-13-11-86-9-7-84-5-3-82/h82H,2-81H2,1H3. The Morgan fingerprint density at radius 3 is 0.182 bits per heavy atom. The zero-order chi connectivity index (χ0) is 86.1. The quantitative estimate of drug-likeness (QED) is 0.0831. The van der Waals surface area contributed by atoms with Gasteiger partial charge in [-0.3, -0.25) is 0 Å². The molecular weight excluding hydrogens is 1610 g/mol. The van der Waals surface area contributed by atoms with E-state index in [0.29, 0.717) is 509 Å². The molecule has 0 bridgehead atoms. The Hall–Kier alpha value is -1.60. The third-order valence-corrected chi connectivity index (χ3v) is 14.7. The van der Waals surface area contributed by atoms with Crippen LogP contribution in [-0.2, 0) is 185 Å². The summed E-state index contributed by atoms with van der Waals surface area (Å²) in [7, 11) is 0. The number of rotatable bonds is 118. The van der Waals surface area contributed by atoms with Gasteiger partial charge in [0.25, 0.3) is 0 Å². The Morgan fingerprint density at radius 2 is 0.132 bits per heavy atom. The summed E-state index contributed by atoms with van der Waals surface area (Å²) in [4.78, 5) is 0. The number of ether oxygens (including phenoxy) is 39. The molecule has 0 fully saturated rings. The molecule has 0 heterocycles. The molecule has 0 saturated heterocycles. The molecule has 728 valence electrons. The van der Waals surface area contributed by atoms with E-state index in [4.69, 9.17) is 190 Å². The molecule has 0 aliphatic carbocycles. The predicted molar refractivity (Wildman–Crippen MR) is 439 cm³/mol. The van der Waals surface area contributed by atoms with Crippen molar-refractivity contribution < 1.29 is 190 Å². The van der Waals surface area contributed by atoms with E-state index in [9.17, 15) is 0 Å². The Bertz CT molecular complexity index is 1560. The minimum Gasteiger partial charge on any atom is -0.394 e. The maximum Gasteiger partial charge on any atom is 0.0701 e. The molecule has 0 spiro atoms. The van der Waals surface area contributed by atoms with E-state index in [-0.39, 0.29) is 6.61 Å². The van der Waals surface area contributed by atoms with Gasteiger partial charge in [0.2, 0.25) is 0 Å². The van der Waals surface area contributed by atoms with Crippen molar-refractivity contribution in [2.45, 2.75) is 13.3 Å². The van der Waals surface area contributed by atoms with Gasteiger partial charge in [0.1, 0.15) is 0 Å². The second-order valence-corrected chi connectivity index (χ2v) is 24.6. The van der Waals surface area contributed by atoms with E-state index in [2.05, 4.69) is 6.92 Å². The van der Waals surface area contributed by atoms with Crippen molar-refractivity contribution in [1.82, 2.24) is 0 Å². The number of aliphatic hydroxyl groups is 1. The Labute approximate surface area is 722 Å². The van der Waals surface area contributed by atoms with E-state index >= 15 is 0 Å². The van der Waals surface area contributed by atoms with Gasteiger partial charge < -0.3 is 190 Å². The van der Waals surface area contributed by atoms with Crippen molar-refractivity contribution in [2.75, 3.05) is 522 Å². The molecule has 40 heteroatoms. The molecule has 0 aromatic rings. The van der Waals surface area contributed by atoms with Crippen molar-refractivity contribution in [3.05, 3.63) is 0 Å². The summed E-state index contributed by atoms with van der Waals surface area (Å²) in [5.41, 5.74) is 0. The Morgan fingerprint density at radius 1 is 0.0826 bits per heavy atom. The first-order valence-corrected chi connectivity index (χ1v) is 43.5. The van der Waals surface area contributed by atoms with Gasteiger partial charge in [-0.25, -0.2) is 0 Å². The fourth-order valence-electron chi connectivity index (χ4n) is 8.67. The predicted octanol–water partition coefficient (Wildman–Crippen LogP) is 1.04. The summed E-state index contributed by atoms with van der Waals surface area (Å²) in [5.74, 6) is 0. The highest BCUT2D eigenvalue weighted by molar-refractivity contribution is 4.47. The van der Waals surface area contributed by atoms with E-state index in [1.807, 2.05) is 0 Å². The summed E-state index contributed by atoms with van der Waals surface area (Å²) >= 11 is 0. The molecule has 0 aliphatic heterocycles. The lowest BCUT2D eigenvalue weighted by atomic mass is 10.5. The smallest absolute Gasteiger partial charge is 0.0701 e. The summed E-state index contributed by atoms with van der Waals surface area (Å²) < 4.78 is 215. The highest BCUT2D eigenvalue weighted by Gasteiger charge is 2.05. The molecule has 0 rings (SSSR count). The minimum atomic E-state index is 0.0150. The van der Waals surface area contributed by atoms with Gasteiger partial charge in [-0.1, -0.05) is 6.92 Å². The molecule has 0 radical (unpaired) electrons. The first-order valence-electron chi connectivity index (χ1n) is 43.5. The van der Waals surface area contributed by atoms with Gasteiger partial charge in [0.05, 0.1) is 515 Å². The molecule has 0 unspecified atom stereocenters. The summed E-state index contributed by atoms with van der Waals surface area (Å²) in [6.07, 6.45) is 1.01. The van der Waals surface area contributed by atoms with Crippen molar-refractivity contribution >= 4 is 0 Å². The van der Waals surface area contributed by atoms with Crippen LogP contribution < -0.4 is 0 Å². The molecule has 0 atom stereocenters. The van der Waals surface area contributed by atoms with Crippen LogP contribution in [0.3, 0.4) is 0 Å². The van der Waals surface area contributed by atoms with Crippen molar-refractivity contribution in [3.8, 4) is 0 Å². The van der Waals surface area contributed by atoms with Crippen LogP contribution in [0, 0.1) is 0 Å². The number of aliphatic hydroxyl groups excluding tert-OH is 1. The van der Waals surface area contributed by atoms with Crippen LogP contribution >= 0.6 is 0 Å². The van der Waals surface area contributed by atoms with Crippen LogP contribution in [0.2, 0.25) is 0 Å². The van der Waals surface area contributed by atoms with Crippen molar-refractivity contribution in [1.29, 1.82) is 0 Å². The third kappa shape index (κ3) is 118. The molecule has 0 aromatic heterocycles. The first kappa shape index (κ1) is 119. The molecule has 0 aliphatic rings. The zero-order valence-electron chi connectivity index (χ0n) is 73.9. The van der Waals surface area contributed by atoms with Gasteiger partial charge in [-0.15, -0.1) is 0 Å².